The number of aromatic amines is 1. The number of benzene rings is 1. The Bertz CT molecular complexity index is 1670. The Morgan fingerprint density at radius 3 is 2.48 bits per heavy atom. The molecule has 2 saturated heterocycles. The second-order valence-corrected chi connectivity index (χ2v) is 12.2. The molecule has 3 aliphatic rings. The predicted octanol–water partition coefficient (Wildman–Crippen LogP) is 5.15. The van der Waals surface area contributed by atoms with Crippen molar-refractivity contribution in [3.8, 4) is 11.3 Å². The van der Waals surface area contributed by atoms with E-state index in [-0.39, 0.29) is 18.9 Å². The summed E-state index contributed by atoms with van der Waals surface area (Å²) in [6, 6.07) is 12.2. The number of piperazine rings is 1. The minimum absolute atomic E-state index is 0.0306. The maximum absolute atomic E-state index is 13.5. The van der Waals surface area contributed by atoms with Crippen LogP contribution in [0.1, 0.15) is 55.7 Å². The van der Waals surface area contributed by atoms with Crippen molar-refractivity contribution in [3.05, 3.63) is 66.0 Å². The van der Waals surface area contributed by atoms with Crippen LogP contribution in [0.2, 0.25) is 0 Å². The van der Waals surface area contributed by atoms with Crippen molar-refractivity contribution in [3.63, 3.8) is 0 Å². The van der Waals surface area contributed by atoms with Crippen molar-refractivity contribution < 1.29 is 18.0 Å². The summed E-state index contributed by atoms with van der Waals surface area (Å²) in [5.41, 5.74) is 3.46. The van der Waals surface area contributed by atoms with Crippen molar-refractivity contribution in [2.45, 2.75) is 51.2 Å². The van der Waals surface area contributed by atoms with Gasteiger partial charge in [0.1, 0.15) is 23.4 Å². The molecule has 1 unspecified atom stereocenters. The minimum Gasteiger partial charge on any atom is -0.357 e. The third-order valence-electron chi connectivity index (χ3n) is 9.43. The molecule has 0 spiro atoms. The number of amides is 1. The fourth-order valence-corrected chi connectivity index (χ4v) is 6.52. The highest BCUT2D eigenvalue weighted by Crippen LogP contribution is 2.58. The van der Waals surface area contributed by atoms with Gasteiger partial charge in [-0.05, 0) is 62.4 Å². The van der Waals surface area contributed by atoms with Crippen LogP contribution >= 0.6 is 0 Å². The number of nitrogens with zero attached hydrogens (tertiary/aromatic N) is 7. The van der Waals surface area contributed by atoms with E-state index < -0.39 is 17.5 Å². The zero-order chi connectivity index (χ0) is 30.5. The van der Waals surface area contributed by atoms with E-state index in [9.17, 15) is 18.0 Å². The van der Waals surface area contributed by atoms with Crippen LogP contribution in [0.5, 0.6) is 0 Å². The van der Waals surface area contributed by atoms with Gasteiger partial charge in [-0.15, -0.1) is 0 Å². The number of nitrogens with one attached hydrogen (secondary N) is 1. The number of anilines is 1. The second kappa shape index (κ2) is 11.1. The highest BCUT2D eigenvalue weighted by Gasteiger charge is 2.69. The lowest BCUT2D eigenvalue weighted by Gasteiger charge is -2.39. The summed E-state index contributed by atoms with van der Waals surface area (Å²) in [4.78, 5) is 40.4. The SMILES string of the molecule is CC(c1ccnc(Cc2nc3ccc(-c4cc(N5CCCC5)ncn4)cc3[nH]2)c1)N1CCN(C(=O)C2(C(F)(F)F)CC2)CC1. The fraction of sp³-hybridized carbons (Fsp3) is 0.469. The van der Waals surface area contributed by atoms with Crippen LogP contribution in [0.3, 0.4) is 0 Å². The number of aromatic nitrogens is 5. The number of alkyl halides is 3. The van der Waals surface area contributed by atoms with E-state index in [2.05, 4.69) is 48.8 Å². The molecule has 1 aliphatic carbocycles. The van der Waals surface area contributed by atoms with E-state index >= 15 is 0 Å². The van der Waals surface area contributed by atoms with Crippen molar-refractivity contribution in [1.29, 1.82) is 0 Å². The minimum atomic E-state index is -4.47. The maximum atomic E-state index is 13.5. The first-order valence-electron chi connectivity index (χ1n) is 15.3. The summed E-state index contributed by atoms with van der Waals surface area (Å²) < 4.78 is 40.4. The number of rotatable bonds is 7. The number of carbonyl (C=O) groups excluding carboxylic acids is 1. The Kier molecular flexibility index (Phi) is 7.26. The number of fused-ring (bicyclic) bond motifs is 1. The number of carbonyl (C=O) groups is 1. The number of hydrogen-bond donors (Lipinski definition) is 1. The van der Waals surface area contributed by atoms with Gasteiger partial charge in [0, 0.05) is 75.3 Å². The molecule has 44 heavy (non-hydrogen) atoms. The molecule has 7 rings (SSSR count). The highest BCUT2D eigenvalue weighted by molar-refractivity contribution is 5.86. The lowest BCUT2D eigenvalue weighted by atomic mass is 10.0. The van der Waals surface area contributed by atoms with Crippen molar-refractivity contribution >= 4 is 22.8 Å². The Morgan fingerprint density at radius 1 is 0.977 bits per heavy atom. The van der Waals surface area contributed by atoms with Crippen molar-refractivity contribution in [1.82, 2.24) is 34.7 Å². The first-order valence-corrected chi connectivity index (χ1v) is 15.3. The molecular formula is C32H35F3N8O. The molecule has 4 aromatic rings. The van der Waals surface area contributed by atoms with E-state index in [1.807, 2.05) is 24.3 Å². The molecule has 0 radical (unpaired) electrons. The third kappa shape index (κ3) is 5.40. The van der Waals surface area contributed by atoms with Crippen molar-refractivity contribution in [2.75, 3.05) is 44.2 Å². The normalized spacial score (nSPS) is 19.5. The van der Waals surface area contributed by atoms with Gasteiger partial charge >= 0.3 is 6.18 Å². The van der Waals surface area contributed by atoms with Crippen molar-refractivity contribution in [2.24, 2.45) is 5.41 Å². The van der Waals surface area contributed by atoms with Crippen LogP contribution < -0.4 is 4.90 Å². The molecule has 1 amide bonds. The molecule has 12 heteroatoms. The number of pyridine rings is 1. The molecule has 5 heterocycles. The van der Waals surface area contributed by atoms with Gasteiger partial charge in [-0.3, -0.25) is 14.7 Å². The average Bonchev–Trinajstić information content (AvgIpc) is 3.49. The van der Waals surface area contributed by atoms with Gasteiger partial charge in [0.2, 0.25) is 5.91 Å². The van der Waals surface area contributed by atoms with Crippen LogP contribution in [0, 0.1) is 5.41 Å². The van der Waals surface area contributed by atoms with Gasteiger partial charge in [-0.2, -0.15) is 13.2 Å². The van der Waals surface area contributed by atoms with Gasteiger partial charge in [0.15, 0.2) is 0 Å². The molecule has 1 saturated carbocycles. The second-order valence-electron chi connectivity index (χ2n) is 12.2. The van der Waals surface area contributed by atoms with Gasteiger partial charge in [0.25, 0.3) is 0 Å². The molecular weight excluding hydrogens is 569 g/mol. The fourth-order valence-electron chi connectivity index (χ4n) is 6.52. The highest BCUT2D eigenvalue weighted by atomic mass is 19.4. The average molecular weight is 605 g/mol. The van der Waals surface area contributed by atoms with Crippen LogP contribution in [0.4, 0.5) is 19.0 Å². The molecule has 1 atom stereocenters. The zero-order valence-corrected chi connectivity index (χ0v) is 24.6. The van der Waals surface area contributed by atoms with E-state index in [0.29, 0.717) is 32.6 Å². The summed E-state index contributed by atoms with van der Waals surface area (Å²) in [7, 11) is 0. The number of halogens is 3. The lowest BCUT2D eigenvalue weighted by Crippen LogP contribution is -2.53. The van der Waals surface area contributed by atoms with Gasteiger partial charge in [0.05, 0.1) is 16.7 Å². The molecule has 1 N–H and O–H groups in total. The summed E-state index contributed by atoms with van der Waals surface area (Å²) >= 11 is 0. The number of H-pyrrole nitrogens is 1. The Balaban J connectivity index is 1.01. The molecule has 230 valence electrons. The summed E-state index contributed by atoms with van der Waals surface area (Å²) in [6.45, 7) is 5.78. The van der Waals surface area contributed by atoms with Crippen LogP contribution in [-0.2, 0) is 11.2 Å². The predicted molar refractivity (Wildman–Crippen MR) is 160 cm³/mol. The molecule has 9 nitrogen and oxygen atoms in total. The largest absolute Gasteiger partial charge is 0.403 e. The van der Waals surface area contributed by atoms with E-state index in [1.54, 1.807) is 12.5 Å². The summed E-state index contributed by atoms with van der Waals surface area (Å²) in [6.07, 6.45) is 1.65. The van der Waals surface area contributed by atoms with Crippen LogP contribution in [0.25, 0.3) is 22.3 Å². The summed E-state index contributed by atoms with van der Waals surface area (Å²) in [5.74, 6) is 1.01. The van der Waals surface area contributed by atoms with E-state index in [1.165, 1.54) is 17.7 Å². The van der Waals surface area contributed by atoms with Gasteiger partial charge in [-0.1, -0.05) is 6.07 Å². The summed E-state index contributed by atoms with van der Waals surface area (Å²) in [5, 5.41) is 0. The third-order valence-corrected chi connectivity index (χ3v) is 9.43. The number of hydrogen-bond acceptors (Lipinski definition) is 7. The number of imidazole rings is 1. The van der Waals surface area contributed by atoms with Crippen LogP contribution in [-0.4, -0.2) is 86.1 Å². The zero-order valence-electron chi connectivity index (χ0n) is 24.6. The smallest absolute Gasteiger partial charge is 0.357 e. The molecule has 3 fully saturated rings. The molecule has 3 aromatic heterocycles. The molecule has 0 bridgehead atoms. The first kappa shape index (κ1) is 28.7. The van der Waals surface area contributed by atoms with Gasteiger partial charge < -0.3 is 14.8 Å². The lowest BCUT2D eigenvalue weighted by molar-refractivity contribution is -0.199. The molecule has 2 aliphatic heterocycles. The van der Waals surface area contributed by atoms with Gasteiger partial charge in [-0.25, -0.2) is 15.0 Å². The Morgan fingerprint density at radius 2 is 1.75 bits per heavy atom. The quantitative estimate of drug-likeness (QED) is 0.312. The standard InChI is InChI=1S/C32H35F3N8O/c1-21(41-12-14-43(15-13-41)30(44)31(7-8-31)32(33,34)35)22-6-9-36-24(16-22)18-28-39-25-5-4-23(17-27(25)40-28)26-19-29(38-20-37-26)42-10-2-3-11-42/h4-6,9,16-17,19-21H,2-3,7-8,10-15,18H2,1H3,(H,39,40). The monoisotopic (exact) mass is 604 g/mol. The first-order chi connectivity index (χ1) is 21.2. The maximum Gasteiger partial charge on any atom is 0.403 e. The van der Waals surface area contributed by atoms with E-state index in [0.717, 1.165) is 58.3 Å². The Hall–Kier alpha value is -4.06. The molecule has 1 aromatic carbocycles. The topological polar surface area (TPSA) is 94.1 Å². The Labute approximate surface area is 253 Å². The van der Waals surface area contributed by atoms with E-state index in [4.69, 9.17) is 4.98 Å². The van der Waals surface area contributed by atoms with Crippen LogP contribution in [0.15, 0.2) is 48.9 Å².